The molecule has 0 aliphatic rings. The van der Waals surface area contributed by atoms with Crippen LogP contribution in [0.2, 0.25) is 5.02 Å². The predicted molar refractivity (Wildman–Crippen MR) is 69.6 cm³/mol. The molecule has 2 aromatic carbocycles. The molecule has 1 atom stereocenters. The Hall–Kier alpha value is -0.900. The van der Waals surface area contributed by atoms with Crippen LogP contribution in [0.15, 0.2) is 46.9 Å². The maximum atomic E-state index is 13.9. The number of aliphatic hydroxyl groups is 1. The lowest BCUT2D eigenvalue weighted by molar-refractivity contribution is 0.214. The lowest BCUT2D eigenvalue weighted by atomic mass is 10.0. The lowest BCUT2D eigenvalue weighted by Crippen LogP contribution is -2.04. The van der Waals surface area contributed by atoms with Gasteiger partial charge in [-0.25, -0.2) is 4.39 Å². The molecule has 0 aliphatic carbocycles. The zero-order valence-corrected chi connectivity index (χ0v) is 11.0. The summed E-state index contributed by atoms with van der Waals surface area (Å²) in [6.45, 7) is 0. The Morgan fingerprint density at radius 1 is 1.12 bits per heavy atom. The minimum Gasteiger partial charge on any atom is -0.384 e. The molecule has 0 aromatic heterocycles. The molecule has 2 aromatic rings. The Kier molecular flexibility index (Phi) is 3.82. The molecule has 4 heteroatoms. The summed E-state index contributed by atoms with van der Waals surface area (Å²) in [5.41, 5.74) is 0.776. The summed E-state index contributed by atoms with van der Waals surface area (Å²) in [6.07, 6.45) is -1.04. The normalized spacial score (nSPS) is 12.5. The second-order valence-corrected chi connectivity index (χ2v) is 4.83. The van der Waals surface area contributed by atoms with Gasteiger partial charge in [-0.15, -0.1) is 0 Å². The third-order valence-electron chi connectivity index (χ3n) is 2.47. The molecule has 0 aliphatic heterocycles. The van der Waals surface area contributed by atoms with Crippen LogP contribution in [0.5, 0.6) is 0 Å². The fourth-order valence-electron chi connectivity index (χ4n) is 1.60. The van der Waals surface area contributed by atoms with E-state index in [4.69, 9.17) is 11.6 Å². The zero-order valence-electron chi connectivity index (χ0n) is 8.70. The van der Waals surface area contributed by atoms with Gasteiger partial charge in [0.1, 0.15) is 11.9 Å². The van der Waals surface area contributed by atoms with Gasteiger partial charge in [0.25, 0.3) is 0 Å². The van der Waals surface area contributed by atoms with Gasteiger partial charge in [-0.2, -0.15) is 0 Å². The molecule has 0 heterocycles. The van der Waals surface area contributed by atoms with Crippen molar-refractivity contribution in [1.82, 2.24) is 0 Å². The average molecular weight is 316 g/mol. The first kappa shape index (κ1) is 12.6. The number of benzene rings is 2. The summed E-state index contributed by atoms with van der Waals surface area (Å²) in [6, 6.07) is 11.9. The van der Waals surface area contributed by atoms with E-state index in [2.05, 4.69) is 15.9 Å². The third kappa shape index (κ3) is 2.51. The summed E-state index contributed by atoms with van der Waals surface area (Å²) in [5, 5.41) is 10.1. The highest BCUT2D eigenvalue weighted by atomic mass is 79.9. The quantitative estimate of drug-likeness (QED) is 0.818. The minimum atomic E-state index is -1.04. The molecule has 0 radical (unpaired) electrons. The zero-order chi connectivity index (χ0) is 12.4. The topological polar surface area (TPSA) is 20.2 Å². The van der Waals surface area contributed by atoms with Crippen molar-refractivity contribution in [3.8, 4) is 0 Å². The minimum absolute atomic E-state index is 0.00168. The van der Waals surface area contributed by atoms with E-state index < -0.39 is 11.9 Å². The number of halogens is 3. The van der Waals surface area contributed by atoms with Crippen molar-refractivity contribution in [2.24, 2.45) is 0 Å². The average Bonchev–Trinajstić information content (AvgIpc) is 2.35. The first-order valence-electron chi connectivity index (χ1n) is 4.97. The number of rotatable bonds is 2. The van der Waals surface area contributed by atoms with E-state index in [1.165, 1.54) is 6.07 Å². The van der Waals surface area contributed by atoms with Gasteiger partial charge in [0.2, 0.25) is 0 Å². The third-order valence-corrected chi connectivity index (χ3v) is 3.45. The molecule has 1 unspecified atom stereocenters. The maximum absolute atomic E-state index is 13.9. The SMILES string of the molecule is OC(c1ccccc1)c1c(Br)ccc(Cl)c1F. The molecule has 0 amide bonds. The van der Waals surface area contributed by atoms with Crippen LogP contribution < -0.4 is 0 Å². The van der Waals surface area contributed by atoms with Crippen molar-refractivity contribution >= 4 is 27.5 Å². The van der Waals surface area contributed by atoms with Crippen molar-refractivity contribution in [3.63, 3.8) is 0 Å². The molecular formula is C13H9BrClFO. The number of hydrogen-bond acceptors (Lipinski definition) is 1. The fourth-order valence-corrected chi connectivity index (χ4v) is 2.28. The molecule has 0 bridgehead atoms. The standard InChI is InChI=1S/C13H9BrClFO/c14-9-6-7-10(15)12(16)11(9)13(17)8-4-2-1-3-5-8/h1-7,13,17H. The fraction of sp³-hybridized carbons (Fsp3) is 0.0769. The first-order chi connectivity index (χ1) is 8.11. The molecule has 0 spiro atoms. The van der Waals surface area contributed by atoms with E-state index >= 15 is 0 Å². The maximum Gasteiger partial charge on any atom is 0.149 e. The molecular weight excluding hydrogens is 306 g/mol. The summed E-state index contributed by atoms with van der Waals surface area (Å²) in [4.78, 5) is 0. The number of hydrogen-bond donors (Lipinski definition) is 1. The van der Waals surface area contributed by atoms with Gasteiger partial charge in [0, 0.05) is 10.0 Å². The smallest absolute Gasteiger partial charge is 0.149 e. The van der Waals surface area contributed by atoms with Gasteiger partial charge in [-0.05, 0) is 17.7 Å². The van der Waals surface area contributed by atoms with Gasteiger partial charge < -0.3 is 5.11 Å². The van der Waals surface area contributed by atoms with Crippen molar-refractivity contribution in [2.45, 2.75) is 6.10 Å². The highest BCUT2D eigenvalue weighted by Gasteiger charge is 2.20. The molecule has 88 valence electrons. The summed E-state index contributed by atoms with van der Waals surface area (Å²) in [7, 11) is 0. The van der Waals surface area contributed by atoms with Gasteiger partial charge in [0.15, 0.2) is 0 Å². The van der Waals surface area contributed by atoms with Crippen LogP contribution in [0.25, 0.3) is 0 Å². The first-order valence-corrected chi connectivity index (χ1v) is 6.14. The molecule has 0 fully saturated rings. The Balaban J connectivity index is 2.51. The van der Waals surface area contributed by atoms with Gasteiger partial charge in [-0.3, -0.25) is 0 Å². The number of aliphatic hydroxyl groups excluding tert-OH is 1. The van der Waals surface area contributed by atoms with Crippen LogP contribution >= 0.6 is 27.5 Å². The van der Waals surface area contributed by atoms with Crippen LogP contribution in [0.3, 0.4) is 0 Å². The Morgan fingerprint density at radius 2 is 1.76 bits per heavy atom. The van der Waals surface area contributed by atoms with Crippen molar-refractivity contribution in [3.05, 3.63) is 68.9 Å². The van der Waals surface area contributed by atoms with E-state index in [0.717, 1.165) is 0 Å². The highest BCUT2D eigenvalue weighted by molar-refractivity contribution is 9.10. The van der Waals surface area contributed by atoms with Crippen LogP contribution in [-0.4, -0.2) is 5.11 Å². The van der Waals surface area contributed by atoms with Crippen LogP contribution in [0, 0.1) is 5.82 Å². The van der Waals surface area contributed by atoms with E-state index in [9.17, 15) is 9.50 Å². The molecule has 0 saturated carbocycles. The second-order valence-electron chi connectivity index (χ2n) is 3.57. The van der Waals surface area contributed by atoms with Crippen LogP contribution in [0.4, 0.5) is 4.39 Å². The summed E-state index contributed by atoms with van der Waals surface area (Å²) < 4.78 is 14.4. The predicted octanol–water partition coefficient (Wildman–Crippen LogP) is 4.32. The van der Waals surface area contributed by atoms with Gasteiger partial charge in [0.05, 0.1) is 5.02 Å². The van der Waals surface area contributed by atoms with E-state index in [1.54, 1.807) is 30.3 Å². The Bertz CT molecular complexity index is 530. The van der Waals surface area contributed by atoms with Crippen LogP contribution in [-0.2, 0) is 0 Å². The molecule has 1 nitrogen and oxygen atoms in total. The monoisotopic (exact) mass is 314 g/mol. The van der Waals surface area contributed by atoms with Crippen LogP contribution in [0.1, 0.15) is 17.2 Å². The van der Waals surface area contributed by atoms with E-state index in [-0.39, 0.29) is 10.6 Å². The van der Waals surface area contributed by atoms with Crippen molar-refractivity contribution in [1.29, 1.82) is 0 Å². The van der Waals surface area contributed by atoms with Crippen molar-refractivity contribution < 1.29 is 9.50 Å². The molecule has 0 saturated heterocycles. The largest absolute Gasteiger partial charge is 0.384 e. The highest BCUT2D eigenvalue weighted by Crippen LogP contribution is 2.33. The van der Waals surface area contributed by atoms with Crippen molar-refractivity contribution in [2.75, 3.05) is 0 Å². The lowest BCUT2D eigenvalue weighted by Gasteiger charge is -2.14. The Labute approximate surface area is 112 Å². The molecule has 17 heavy (non-hydrogen) atoms. The second kappa shape index (κ2) is 5.17. The molecule has 1 N–H and O–H groups in total. The van der Waals surface area contributed by atoms with Gasteiger partial charge >= 0.3 is 0 Å². The summed E-state index contributed by atoms with van der Waals surface area (Å²) in [5.74, 6) is -0.600. The van der Waals surface area contributed by atoms with Gasteiger partial charge in [-0.1, -0.05) is 57.9 Å². The molecule has 2 rings (SSSR count). The van der Waals surface area contributed by atoms with E-state index in [0.29, 0.717) is 10.0 Å². The summed E-state index contributed by atoms with van der Waals surface area (Å²) >= 11 is 8.93. The van der Waals surface area contributed by atoms with E-state index in [1.807, 2.05) is 6.07 Å². The Morgan fingerprint density at radius 3 is 2.41 bits per heavy atom.